The average Bonchev–Trinajstić information content (AvgIpc) is 3.61. The standard InChI is InChI=1S/C32H34N2O7S/c1-6-8-13-40-24-12-9-20(16-25(24)39-7-2)27-26(28(36)21-10-11-23-22(15-21)14-17(3)41-23)29(37)31(38)34(27)32-33-18(4)30(42-32)19(5)35/h9-12,15-17,27,36H,6-8,13-14H2,1-5H3/t17-,27-/m1/s1. The normalized spacial score (nSPS) is 19.1. The van der Waals surface area contributed by atoms with Crippen LogP contribution in [0.3, 0.4) is 0 Å². The SMILES string of the molecule is CCCCOc1ccc([C@@H]2C(=C(O)c3ccc4c(c3)C[C@@H](C)O4)C(=O)C(=O)N2c2nc(C)c(C(C)=O)s2)cc1OCC. The lowest BCUT2D eigenvalue weighted by Gasteiger charge is -2.24. The Labute approximate surface area is 248 Å². The second-order valence-electron chi connectivity index (χ2n) is 10.4. The molecule has 42 heavy (non-hydrogen) atoms. The Morgan fingerprint density at radius 1 is 1.14 bits per heavy atom. The van der Waals surface area contributed by atoms with Gasteiger partial charge in [0, 0.05) is 18.9 Å². The quantitative estimate of drug-likeness (QED) is 0.0979. The fourth-order valence-corrected chi connectivity index (χ4v) is 6.28. The number of carbonyl (C=O) groups is 3. The van der Waals surface area contributed by atoms with Crippen molar-refractivity contribution in [2.45, 2.75) is 66.0 Å². The van der Waals surface area contributed by atoms with Gasteiger partial charge in [0.1, 0.15) is 17.6 Å². The van der Waals surface area contributed by atoms with Crippen LogP contribution in [-0.4, -0.2) is 46.9 Å². The third-order valence-corrected chi connectivity index (χ3v) is 8.52. The van der Waals surface area contributed by atoms with E-state index >= 15 is 0 Å². The Balaban J connectivity index is 1.68. The molecule has 0 aliphatic carbocycles. The van der Waals surface area contributed by atoms with Crippen LogP contribution < -0.4 is 19.1 Å². The number of rotatable bonds is 10. The maximum absolute atomic E-state index is 13.7. The number of hydrogen-bond acceptors (Lipinski definition) is 9. The number of nitrogens with zero attached hydrogens (tertiary/aromatic N) is 2. The predicted molar refractivity (Wildman–Crippen MR) is 160 cm³/mol. The molecular weight excluding hydrogens is 556 g/mol. The third-order valence-electron chi connectivity index (χ3n) is 7.26. The molecule has 0 spiro atoms. The number of thiazole rings is 1. The van der Waals surface area contributed by atoms with Crippen LogP contribution in [0.5, 0.6) is 17.2 Å². The van der Waals surface area contributed by atoms with Gasteiger partial charge in [0.25, 0.3) is 5.78 Å². The molecule has 0 bridgehead atoms. The van der Waals surface area contributed by atoms with Crippen molar-refractivity contribution in [1.29, 1.82) is 0 Å². The van der Waals surface area contributed by atoms with Gasteiger partial charge in [-0.15, -0.1) is 0 Å². The molecule has 1 saturated heterocycles. The molecule has 0 saturated carbocycles. The number of ketones is 2. The van der Waals surface area contributed by atoms with Crippen LogP contribution in [0, 0.1) is 6.92 Å². The Morgan fingerprint density at radius 2 is 1.93 bits per heavy atom. The summed E-state index contributed by atoms with van der Waals surface area (Å²) in [5, 5.41) is 11.8. The lowest BCUT2D eigenvalue weighted by Crippen LogP contribution is -2.29. The molecular formula is C32H34N2O7S. The number of ether oxygens (including phenoxy) is 3. The molecule has 3 aromatic rings. The van der Waals surface area contributed by atoms with Gasteiger partial charge in [-0.2, -0.15) is 0 Å². The Hall–Kier alpha value is -4.18. The Morgan fingerprint density at radius 3 is 2.62 bits per heavy atom. The number of benzene rings is 2. The molecule has 5 rings (SSSR count). The van der Waals surface area contributed by atoms with Gasteiger partial charge in [0.15, 0.2) is 22.4 Å². The zero-order valence-corrected chi connectivity index (χ0v) is 25.2. The van der Waals surface area contributed by atoms with E-state index in [2.05, 4.69) is 11.9 Å². The molecule has 0 radical (unpaired) electrons. The van der Waals surface area contributed by atoms with Crippen LogP contribution in [0.2, 0.25) is 0 Å². The lowest BCUT2D eigenvalue weighted by molar-refractivity contribution is -0.132. The topological polar surface area (TPSA) is 115 Å². The average molecular weight is 591 g/mol. The summed E-state index contributed by atoms with van der Waals surface area (Å²) in [4.78, 5) is 45.7. The summed E-state index contributed by atoms with van der Waals surface area (Å²) in [7, 11) is 0. The predicted octanol–water partition coefficient (Wildman–Crippen LogP) is 6.18. The zero-order chi connectivity index (χ0) is 30.1. The van der Waals surface area contributed by atoms with Crippen molar-refractivity contribution < 1.29 is 33.7 Å². The first-order valence-corrected chi connectivity index (χ1v) is 14.9. The number of carbonyl (C=O) groups excluding carboxylic acids is 3. The van der Waals surface area contributed by atoms with Gasteiger partial charge < -0.3 is 19.3 Å². The maximum atomic E-state index is 13.7. The van der Waals surface area contributed by atoms with Crippen molar-refractivity contribution in [2.75, 3.05) is 18.1 Å². The van der Waals surface area contributed by atoms with Gasteiger partial charge in [-0.3, -0.25) is 19.3 Å². The van der Waals surface area contributed by atoms with Gasteiger partial charge in [-0.1, -0.05) is 30.7 Å². The molecule has 0 unspecified atom stereocenters. The fourth-order valence-electron chi connectivity index (χ4n) is 5.29. The molecule has 2 atom stereocenters. The van der Waals surface area contributed by atoms with E-state index in [-0.39, 0.29) is 28.4 Å². The summed E-state index contributed by atoms with van der Waals surface area (Å²) in [5.41, 5.74) is 2.22. The lowest BCUT2D eigenvalue weighted by atomic mass is 9.94. The number of Topliss-reactive ketones (excluding diaryl/α,β-unsaturated/α-hetero) is 2. The van der Waals surface area contributed by atoms with Crippen molar-refractivity contribution in [3.8, 4) is 17.2 Å². The number of unbranched alkanes of at least 4 members (excludes halogenated alkanes) is 1. The first-order chi connectivity index (χ1) is 20.1. The molecule has 2 aliphatic heterocycles. The van der Waals surface area contributed by atoms with Crippen LogP contribution in [-0.2, 0) is 16.0 Å². The van der Waals surface area contributed by atoms with Crippen LogP contribution in [0.4, 0.5) is 5.13 Å². The Kier molecular flexibility index (Phi) is 8.36. The number of aliphatic hydroxyl groups is 1. The number of hydrogen-bond donors (Lipinski definition) is 1. The minimum atomic E-state index is -1.03. The monoisotopic (exact) mass is 590 g/mol. The minimum Gasteiger partial charge on any atom is -0.507 e. The maximum Gasteiger partial charge on any atom is 0.301 e. The smallest absolute Gasteiger partial charge is 0.301 e. The molecule has 9 nitrogen and oxygen atoms in total. The molecule has 2 aliphatic rings. The highest BCUT2D eigenvalue weighted by molar-refractivity contribution is 7.18. The van der Waals surface area contributed by atoms with E-state index in [1.807, 2.05) is 13.8 Å². The highest BCUT2D eigenvalue weighted by atomic mass is 32.1. The number of aromatic nitrogens is 1. The molecule has 10 heteroatoms. The van der Waals surface area contributed by atoms with E-state index in [1.54, 1.807) is 43.3 Å². The highest BCUT2D eigenvalue weighted by Gasteiger charge is 2.48. The van der Waals surface area contributed by atoms with Crippen LogP contribution >= 0.6 is 11.3 Å². The largest absolute Gasteiger partial charge is 0.507 e. The van der Waals surface area contributed by atoms with Crippen molar-refractivity contribution in [3.05, 3.63) is 69.2 Å². The first kappa shape index (κ1) is 29.3. The number of fused-ring (bicyclic) bond motifs is 1. The molecule has 3 heterocycles. The number of aryl methyl sites for hydroxylation is 1. The summed E-state index contributed by atoms with van der Waals surface area (Å²) < 4.78 is 17.6. The van der Waals surface area contributed by atoms with Crippen molar-refractivity contribution >= 4 is 39.7 Å². The summed E-state index contributed by atoms with van der Waals surface area (Å²) >= 11 is 1.04. The second kappa shape index (κ2) is 12.0. The highest BCUT2D eigenvalue weighted by Crippen LogP contribution is 2.46. The summed E-state index contributed by atoms with van der Waals surface area (Å²) in [6.45, 7) is 9.89. The number of aliphatic hydroxyl groups excluding tert-OH is 1. The molecule has 1 amide bonds. The van der Waals surface area contributed by atoms with Gasteiger partial charge in [0.2, 0.25) is 0 Å². The van der Waals surface area contributed by atoms with E-state index in [0.717, 1.165) is 35.5 Å². The van der Waals surface area contributed by atoms with E-state index in [1.165, 1.54) is 11.8 Å². The van der Waals surface area contributed by atoms with Crippen molar-refractivity contribution in [1.82, 2.24) is 4.98 Å². The van der Waals surface area contributed by atoms with Gasteiger partial charge in [-0.25, -0.2) is 4.98 Å². The number of anilines is 1. The number of amides is 1. The molecule has 220 valence electrons. The van der Waals surface area contributed by atoms with Crippen LogP contribution in [0.1, 0.15) is 78.6 Å². The molecule has 1 fully saturated rings. The van der Waals surface area contributed by atoms with E-state index in [0.29, 0.717) is 52.8 Å². The van der Waals surface area contributed by atoms with E-state index in [4.69, 9.17) is 14.2 Å². The van der Waals surface area contributed by atoms with E-state index in [9.17, 15) is 19.5 Å². The van der Waals surface area contributed by atoms with Gasteiger partial charge >= 0.3 is 5.91 Å². The Bertz CT molecular complexity index is 1590. The molecule has 2 aromatic carbocycles. The van der Waals surface area contributed by atoms with Gasteiger partial charge in [0.05, 0.1) is 35.4 Å². The van der Waals surface area contributed by atoms with Crippen LogP contribution in [0.25, 0.3) is 5.76 Å². The fraction of sp³-hybridized carbons (Fsp3) is 0.375. The molecule has 1 aromatic heterocycles. The van der Waals surface area contributed by atoms with Crippen molar-refractivity contribution in [3.63, 3.8) is 0 Å². The van der Waals surface area contributed by atoms with Crippen LogP contribution in [0.15, 0.2) is 42.0 Å². The van der Waals surface area contributed by atoms with Gasteiger partial charge in [-0.05, 0) is 68.7 Å². The minimum absolute atomic E-state index is 0.00152. The molecule has 1 N–H and O–H groups in total. The zero-order valence-electron chi connectivity index (χ0n) is 24.4. The third kappa shape index (κ3) is 5.38. The summed E-state index contributed by atoms with van der Waals surface area (Å²) in [5.74, 6) is -0.449. The van der Waals surface area contributed by atoms with Crippen molar-refractivity contribution in [2.24, 2.45) is 0 Å². The summed E-state index contributed by atoms with van der Waals surface area (Å²) in [6, 6.07) is 9.43. The summed E-state index contributed by atoms with van der Waals surface area (Å²) in [6.07, 6.45) is 2.51. The second-order valence-corrected chi connectivity index (χ2v) is 11.4. The first-order valence-electron chi connectivity index (χ1n) is 14.1. The van der Waals surface area contributed by atoms with E-state index < -0.39 is 17.7 Å².